The molecule has 3 heterocycles. The van der Waals surface area contributed by atoms with Crippen molar-refractivity contribution < 1.29 is 14.3 Å². The number of nitrogens with zero attached hydrogens (tertiary/aromatic N) is 2. The molecule has 1 aromatic carbocycles. The molecule has 6 rings (SSSR count). The summed E-state index contributed by atoms with van der Waals surface area (Å²) in [6.07, 6.45) is 15.1. The molecule has 0 aromatic heterocycles. The number of thioether (sulfide) groups is 1. The van der Waals surface area contributed by atoms with Crippen molar-refractivity contribution >= 4 is 23.6 Å². The molecule has 1 aromatic rings. The van der Waals surface area contributed by atoms with Crippen LogP contribution in [0.5, 0.6) is 0 Å². The Morgan fingerprint density at radius 2 is 1.50 bits per heavy atom. The minimum Gasteiger partial charge on any atom is -0.376 e. The van der Waals surface area contributed by atoms with E-state index in [4.69, 9.17) is 10.5 Å². The van der Waals surface area contributed by atoms with Crippen molar-refractivity contribution in [1.29, 1.82) is 0 Å². The summed E-state index contributed by atoms with van der Waals surface area (Å²) in [5, 5.41) is 4.35. The van der Waals surface area contributed by atoms with Crippen LogP contribution < -0.4 is 11.1 Å². The van der Waals surface area contributed by atoms with Gasteiger partial charge in [-0.15, -0.1) is 11.8 Å². The first-order valence-electron chi connectivity index (χ1n) is 15.0. The largest absolute Gasteiger partial charge is 0.376 e. The van der Waals surface area contributed by atoms with Gasteiger partial charge in [0.15, 0.2) is 0 Å². The Morgan fingerprint density at radius 3 is 2.16 bits per heavy atom. The van der Waals surface area contributed by atoms with Crippen molar-refractivity contribution in [3.05, 3.63) is 35.4 Å². The van der Waals surface area contributed by atoms with Gasteiger partial charge in [-0.05, 0) is 49.3 Å². The second kappa shape index (κ2) is 11.1. The van der Waals surface area contributed by atoms with Crippen LogP contribution in [0.4, 0.5) is 0 Å². The number of hydrogen-bond acceptors (Lipinski definition) is 6. The van der Waals surface area contributed by atoms with E-state index in [0.717, 1.165) is 11.5 Å². The number of nitrogens with one attached hydrogen (secondary N) is 1. The van der Waals surface area contributed by atoms with Crippen LogP contribution in [-0.4, -0.2) is 77.3 Å². The highest BCUT2D eigenvalue weighted by Gasteiger charge is 2.53. The van der Waals surface area contributed by atoms with Crippen LogP contribution in [0, 0.1) is 5.92 Å². The third-order valence-electron chi connectivity index (χ3n) is 9.85. The van der Waals surface area contributed by atoms with Crippen LogP contribution >= 0.6 is 11.8 Å². The van der Waals surface area contributed by atoms with Gasteiger partial charge in [-0.1, -0.05) is 57.1 Å². The number of hydrogen-bond donors (Lipinski definition) is 2. The molecule has 0 spiro atoms. The molecule has 3 N–H and O–H groups in total. The Morgan fingerprint density at radius 1 is 0.868 bits per heavy atom. The summed E-state index contributed by atoms with van der Waals surface area (Å²) in [6, 6.07) is 8.94. The average molecular weight is 541 g/mol. The van der Waals surface area contributed by atoms with Gasteiger partial charge in [-0.2, -0.15) is 0 Å². The van der Waals surface area contributed by atoms with E-state index in [2.05, 4.69) is 29.2 Å². The fraction of sp³-hybridized carbons (Fsp3) is 0.733. The molecule has 0 radical (unpaired) electrons. The maximum atomic E-state index is 13.3. The van der Waals surface area contributed by atoms with E-state index in [1.54, 1.807) is 4.90 Å². The summed E-state index contributed by atoms with van der Waals surface area (Å²) >= 11 is 2.21. The van der Waals surface area contributed by atoms with Gasteiger partial charge in [-0.25, -0.2) is 0 Å². The summed E-state index contributed by atoms with van der Waals surface area (Å²) in [5.41, 5.74) is 7.27. The Bertz CT molecular complexity index is 999. The van der Waals surface area contributed by atoms with E-state index in [1.807, 2.05) is 17.0 Å². The van der Waals surface area contributed by atoms with Crippen molar-refractivity contribution in [2.45, 2.75) is 92.3 Å². The van der Waals surface area contributed by atoms with Gasteiger partial charge in [0.1, 0.15) is 5.54 Å². The summed E-state index contributed by atoms with van der Waals surface area (Å²) in [4.78, 5) is 29.6. The van der Waals surface area contributed by atoms with Crippen LogP contribution in [0.1, 0.15) is 91.9 Å². The highest BCUT2D eigenvalue weighted by atomic mass is 32.2. The third kappa shape index (κ3) is 5.02. The normalized spacial score (nSPS) is 32.1. The molecular weight excluding hydrogens is 496 g/mol. The zero-order valence-corrected chi connectivity index (χ0v) is 23.5. The summed E-state index contributed by atoms with van der Waals surface area (Å²) in [7, 11) is 0. The first kappa shape index (κ1) is 26.6. The van der Waals surface area contributed by atoms with E-state index in [9.17, 15) is 9.59 Å². The maximum absolute atomic E-state index is 13.3. The van der Waals surface area contributed by atoms with Crippen LogP contribution in [0.2, 0.25) is 0 Å². The predicted octanol–water partition coefficient (Wildman–Crippen LogP) is 4.08. The highest BCUT2D eigenvalue weighted by Crippen LogP contribution is 2.58. The number of carbonyl (C=O) groups excluding carboxylic acids is 2. The molecule has 38 heavy (non-hydrogen) atoms. The Labute approximate surface area is 231 Å². The van der Waals surface area contributed by atoms with Crippen molar-refractivity contribution in [2.24, 2.45) is 11.7 Å². The summed E-state index contributed by atoms with van der Waals surface area (Å²) in [6.45, 7) is 2.69. The number of benzene rings is 1. The van der Waals surface area contributed by atoms with Crippen molar-refractivity contribution in [2.75, 3.05) is 39.4 Å². The number of fused-ring (bicyclic) bond motifs is 1. The molecule has 8 heteroatoms. The zero-order chi connectivity index (χ0) is 26.2. The van der Waals surface area contributed by atoms with Crippen LogP contribution in [0.15, 0.2) is 24.3 Å². The van der Waals surface area contributed by atoms with Crippen LogP contribution in [-0.2, 0) is 9.53 Å². The average Bonchev–Trinajstić information content (AvgIpc) is 3.31. The van der Waals surface area contributed by atoms with Crippen molar-refractivity contribution in [3.8, 4) is 0 Å². The monoisotopic (exact) mass is 540 g/mol. The lowest BCUT2D eigenvalue weighted by molar-refractivity contribution is -0.155. The van der Waals surface area contributed by atoms with Gasteiger partial charge in [0, 0.05) is 42.5 Å². The highest BCUT2D eigenvalue weighted by molar-refractivity contribution is 8.01. The first-order valence-corrected chi connectivity index (χ1v) is 15.9. The number of nitrogens with two attached hydrogens (primary N) is 1. The lowest BCUT2D eigenvalue weighted by atomic mass is 9.71. The molecule has 0 bridgehead atoms. The van der Waals surface area contributed by atoms with E-state index in [-0.39, 0.29) is 25.0 Å². The topological polar surface area (TPSA) is 87.9 Å². The molecule has 208 valence electrons. The van der Waals surface area contributed by atoms with Crippen LogP contribution in [0.25, 0.3) is 0 Å². The Kier molecular flexibility index (Phi) is 7.78. The SMILES string of the molecule is NC1(C(=O)N2CCN(C(=O)c3ccc(C4NC5CCCCC5(C5CCCCCCC5)S4)cc3)CC2)COC1. The van der Waals surface area contributed by atoms with Crippen LogP contribution in [0.3, 0.4) is 0 Å². The van der Waals surface area contributed by atoms with Gasteiger partial charge in [0.2, 0.25) is 5.91 Å². The van der Waals surface area contributed by atoms with Crippen molar-refractivity contribution in [3.63, 3.8) is 0 Å². The predicted molar refractivity (Wildman–Crippen MR) is 151 cm³/mol. The maximum Gasteiger partial charge on any atom is 0.253 e. The molecule has 3 atom stereocenters. The van der Waals surface area contributed by atoms with E-state index >= 15 is 0 Å². The lowest BCUT2D eigenvalue weighted by Crippen LogP contribution is -2.68. The quantitative estimate of drug-likeness (QED) is 0.599. The van der Waals surface area contributed by atoms with E-state index < -0.39 is 5.54 Å². The van der Waals surface area contributed by atoms with Gasteiger partial charge in [0.25, 0.3) is 5.91 Å². The molecule has 5 aliphatic rings. The van der Waals surface area contributed by atoms with Gasteiger partial charge in [-0.3, -0.25) is 14.9 Å². The van der Waals surface area contributed by atoms with E-state index in [0.29, 0.717) is 42.3 Å². The molecule has 2 amide bonds. The fourth-order valence-electron chi connectivity index (χ4n) is 7.52. The molecule has 5 fully saturated rings. The number of piperazine rings is 1. The molecule has 7 nitrogen and oxygen atoms in total. The number of rotatable bonds is 4. The second-order valence-corrected chi connectivity index (χ2v) is 13.8. The fourth-order valence-corrected chi connectivity index (χ4v) is 9.52. The number of carbonyl (C=O) groups is 2. The van der Waals surface area contributed by atoms with Crippen molar-refractivity contribution in [1.82, 2.24) is 15.1 Å². The molecular formula is C30H44N4O3S. The van der Waals surface area contributed by atoms with E-state index in [1.165, 1.54) is 76.2 Å². The zero-order valence-electron chi connectivity index (χ0n) is 22.7. The smallest absolute Gasteiger partial charge is 0.253 e. The van der Waals surface area contributed by atoms with Gasteiger partial charge < -0.3 is 20.3 Å². The molecule has 3 saturated heterocycles. The van der Waals surface area contributed by atoms with Gasteiger partial charge >= 0.3 is 0 Å². The Hall–Kier alpha value is -1.61. The molecule has 2 saturated carbocycles. The van der Waals surface area contributed by atoms with Gasteiger partial charge in [0.05, 0.1) is 18.6 Å². The summed E-state index contributed by atoms with van der Waals surface area (Å²) < 4.78 is 5.52. The number of ether oxygens (including phenoxy) is 1. The Balaban J connectivity index is 1.09. The third-order valence-corrected chi connectivity index (χ3v) is 11.8. The molecule has 3 unspecified atom stereocenters. The standard InChI is InChI=1S/C30H44N4O3S/c31-29(20-37-21-29)28(36)34-18-16-33(17-19-34)27(35)23-13-11-22(12-14-23)26-32-25-10-6-7-15-30(25,38-26)24-8-4-2-1-3-5-9-24/h11-14,24-26,32H,1-10,15-21,31H2. The molecule has 2 aliphatic carbocycles. The lowest BCUT2D eigenvalue weighted by Gasteiger charge is -2.45. The minimum absolute atomic E-state index is 0.0461. The minimum atomic E-state index is -0.875. The molecule has 3 aliphatic heterocycles. The second-order valence-electron chi connectivity index (χ2n) is 12.3. The summed E-state index contributed by atoms with van der Waals surface area (Å²) in [5.74, 6) is 0.817. The first-order chi connectivity index (χ1) is 18.5. The number of amides is 2.